The number of halogens is 1. The molecule has 4 heteroatoms. The number of rotatable bonds is 4. The second-order valence-corrected chi connectivity index (χ2v) is 8.72. The van der Waals surface area contributed by atoms with Crippen molar-refractivity contribution in [1.29, 1.82) is 0 Å². The predicted octanol–water partition coefficient (Wildman–Crippen LogP) is 5.05. The molecule has 140 valence electrons. The average Bonchev–Trinajstić information content (AvgIpc) is 3.28. The third kappa shape index (κ3) is 3.17. The average molecular weight is 380 g/mol. The Morgan fingerprint density at radius 3 is 2.85 bits per heavy atom. The molecule has 5 rings (SSSR count). The standard InChI is InChI=1S/C23H26ClN3/c24-17-4-1-3-14(9-17)12-26-13-16-8-7-15-10-21-18-5-2-6-19(18)23(25)27-22(21)11-20(15)16/h1,3-4,9-11,16,18-19,26H,2,5-8,12-13H2,(H2,25,27). The largest absolute Gasteiger partial charge is 0.387 e. The van der Waals surface area contributed by atoms with Crippen molar-refractivity contribution in [2.24, 2.45) is 16.6 Å². The minimum absolute atomic E-state index is 0.479. The Balaban J connectivity index is 1.33. The zero-order chi connectivity index (χ0) is 18.4. The van der Waals surface area contributed by atoms with Crippen LogP contribution in [0.15, 0.2) is 41.4 Å². The number of nitrogens with one attached hydrogen (secondary N) is 1. The van der Waals surface area contributed by atoms with Gasteiger partial charge < -0.3 is 11.1 Å². The van der Waals surface area contributed by atoms with Gasteiger partial charge in [0.05, 0.1) is 5.69 Å². The first-order valence-corrected chi connectivity index (χ1v) is 10.5. The Labute approximate surface area is 166 Å². The lowest BCUT2D eigenvalue weighted by Crippen LogP contribution is -2.28. The van der Waals surface area contributed by atoms with E-state index in [1.54, 1.807) is 0 Å². The molecule has 1 heterocycles. The smallest absolute Gasteiger partial charge is 0.103 e. The van der Waals surface area contributed by atoms with E-state index in [2.05, 4.69) is 23.5 Å². The van der Waals surface area contributed by atoms with E-state index in [4.69, 9.17) is 22.3 Å². The Bertz CT molecular complexity index is 904. The highest BCUT2D eigenvalue weighted by Gasteiger charge is 2.37. The zero-order valence-corrected chi connectivity index (χ0v) is 16.3. The van der Waals surface area contributed by atoms with Gasteiger partial charge in [-0.15, -0.1) is 0 Å². The van der Waals surface area contributed by atoms with E-state index in [9.17, 15) is 0 Å². The molecule has 0 saturated heterocycles. The number of hydrogen-bond acceptors (Lipinski definition) is 3. The van der Waals surface area contributed by atoms with Gasteiger partial charge >= 0.3 is 0 Å². The maximum absolute atomic E-state index is 6.30. The fraction of sp³-hybridized carbons (Fsp3) is 0.435. The van der Waals surface area contributed by atoms with Crippen molar-refractivity contribution in [1.82, 2.24) is 5.32 Å². The van der Waals surface area contributed by atoms with E-state index in [-0.39, 0.29) is 0 Å². The fourth-order valence-electron chi connectivity index (χ4n) is 5.30. The Kier molecular flexibility index (Phi) is 4.45. The third-order valence-corrected chi connectivity index (χ3v) is 6.88. The van der Waals surface area contributed by atoms with Gasteiger partial charge in [-0.1, -0.05) is 36.2 Å². The summed E-state index contributed by atoms with van der Waals surface area (Å²) in [5, 5.41) is 4.42. The number of aryl methyl sites for hydroxylation is 1. The molecule has 3 unspecified atom stereocenters. The molecule has 3 N–H and O–H groups in total. The van der Waals surface area contributed by atoms with Gasteiger partial charge in [-0.25, -0.2) is 4.99 Å². The van der Waals surface area contributed by atoms with E-state index < -0.39 is 0 Å². The molecule has 2 aliphatic carbocycles. The van der Waals surface area contributed by atoms with Gasteiger partial charge in [0.1, 0.15) is 5.84 Å². The van der Waals surface area contributed by atoms with Crippen LogP contribution in [0, 0.1) is 5.92 Å². The van der Waals surface area contributed by atoms with Crippen LogP contribution in [0.4, 0.5) is 5.69 Å². The van der Waals surface area contributed by atoms with Gasteiger partial charge in [0.25, 0.3) is 0 Å². The van der Waals surface area contributed by atoms with Crippen LogP contribution in [0.5, 0.6) is 0 Å². The first-order chi connectivity index (χ1) is 13.2. The van der Waals surface area contributed by atoms with Crippen LogP contribution in [0.2, 0.25) is 5.02 Å². The normalized spacial score (nSPS) is 25.7. The fourth-order valence-corrected chi connectivity index (χ4v) is 5.51. The van der Waals surface area contributed by atoms with Gasteiger partial charge in [0, 0.05) is 24.0 Å². The molecule has 3 atom stereocenters. The van der Waals surface area contributed by atoms with E-state index in [0.29, 0.717) is 17.8 Å². The van der Waals surface area contributed by atoms with Crippen molar-refractivity contribution in [3.05, 3.63) is 63.7 Å². The number of aliphatic imine (C=N–C) groups is 1. The van der Waals surface area contributed by atoms with E-state index in [0.717, 1.165) is 29.6 Å². The second-order valence-electron chi connectivity index (χ2n) is 8.29. The molecule has 3 nitrogen and oxygen atoms in total. The molecule has 0 radical (unpaired) electrons. The number of fused-ring (bicyclic) bond motifs is 4. The summed E-state index contributed by atoms with van der Waals surface area (Å²) in [5.41, 5.74) is 13.1. The molecule has 0 spiro atoms. The number of benzene rings is 2. The summed E-state index contributed by atoms with van der Waals surface area (Å²) < 4.78 is 0. The molecule has 1 fully saturated rings. The van der Waals surface area contributed by atoms with Crippen molar-refractivity contribution in [2.45, 2.75) is 50.5 Å². The summed E-state index contributed by atoms with van der Waals surface area (Å²) in [7, 11) is 0. The number of nitrogens with two attached hydrogens (primary N) is 1. The maximum Gasteiger partial charge on any atom is 0.103 e. The minimum Gasteiger partial charge on any atom is -0.387 e. The molecule has 2 aromatic rings. The second kappa shape index (κ2) is 6.96. The molecule has 3 aliphatic rings. The molecule has 0 amide bonds. The molecular weight excluding hydrogens is 354 g/mol. The molecule has 0 bridgehead atoms. The summed E-state index contributed by atoms with van der Waals surface area (Å²) >= 11 is 6.09. The van der Waals surface area contributed by atoms with Crippen molar-refractivity contribution in [3.8, 4) is 0 Å². The monoisotopic (exact) mass is 379 g/mol. The number of amidine groups is 1. The van der Waals surface area contributed by atoms with Crippen LogP contribution >= 0.6 is 11.6 Å². The Morgan fingerprint density at radius 2 is 1.96 bits per heavy atom. The quantitative estimate of drug-likeness (QED) is 0.781. The molecule has 2 aromatic carbocycles. The van der Waals surface area contributed by atoms with Crippen LogP contribution in [0.3, 0.4) is 0 Å². The van der Waals surface area contributed by atoms with Crippen LogP contribution in [-0.4, -0.2) is 12.4 Å². The lowest BCUT2D eigenvalue weighted by Gasteiger charge is -2.27. The maximum atomic E-state index is 6.30. The first-order valence-electron chi connectivity index (χ1n) is 10.1. The van der Waals surface area contributed by atoms with Crippen LogP contribution in [0.25, 0.3) is 0 Å². The SMILES string of the molecule is NC1=Nc2cc3c(cc2C2CCCC12)CCC3CNCc1cccc(Cl)c1. The highest BCUT2D eigenvalue weighted by atomic mass is 35.5. The van der Waals surface area contributed by atoms with Gasteiger partial charge in [-0.05, 0) is 78.0 Å². The summed E-state index contributed by atoms with van der Waals surface area (Å²) in [5.74, 6) is 2.50. The van der Waals surface area contributed by atoms with Crippen molar-refractivity contribution >= 4 is 23.1 Å². The molecule has 0 aromatic heterocycles. The third-order valence-electron chi connectivity index (χ3n) is 6.64. The zero-order valence-electron chi connectivity index (χ0n) is 15.5. The highest BCUT2D eigenvalue weighted by Crippen LogP contribution is 2.49. The number of hydrogen-bond donors (Lipinski definition) is 2. The van der Waals surface area contributed by atoms with Gasteiger partial charge in [-0.3, -0.25) is 0 Å². The van der Waals surface area contributed by atoms with Gasteiger partial charge in [-0.2, -0.15) is 0 Å². The lowest BCUT2D eigenvalue weighted by atomic mass is 9.83. The molecule has 1 aliphatic heterocycles. The van der Waals surface area contributed by atoms with Gasteiger partial charge in [0.2, 0.25) is 0 Å². The van der Waals surface area contributed by atoms with Crippen LogP contribution < -0.4 is 11.1 Å². The lowest BCUT2D eigenvalue weighted by molar-refractivity contribution is 0.578. The summed E-state index contributed by atoms with van der Waals surface area (Å²) in [6.45, 7) is 1.84. The van der Waals surface area contributed by atoms with E-state index in [1.807, 2.05) is 18.2 Å². The topological polar surface area (TPSA) is 50.4 Å². The van der Waals surface area contributed by atoms with Gasteiger partial charge in [0.15, 0.2) is 0 Å². The first kappa shape index (κ1) is 17.3. The Morgan fingerprint density at radius 1 is 1.07 bits per heavy atom. The molecule has 27 heavy (non-hydrogen) atoms. The highest BCUT2D eigenvalue weighted by molar-refractivity contribution is 6.30. The van der Waals surface area contributed by atoms with Crippen LogP contribution in [0.1, 0.15) is 59.8 Å². The van der Waals surface area contributed by atoms with Crippen LogP contribution in [-0.2, 0) is 13.0 Å². The van der Waals surface area contributed by atoms with Crippen molar-refractivity contribution in [3.63, 3.8) is 0 Å². The van der Waals surface area contributed by atoms with E-state index in [1.165, 1.54) is 54.4 Å². The Hall–Kier alpha value is -1.84. The predicted molar refractivity (Wildman–Crippen MR) is 112 cm³/mol. The summed E-state index contributed by atoms with van der Waals surface area (Å²) in [4.78, 5) is 4.80. The van der Waals surface area contributed by atoms with Crippen molar-refractivity contribution < 1.29 is 0 Å². The molecule has 1 saturated carbocycles. The number of nitrogens with zero attached hydrogens (tertiary/aromatic N) is 1. The minimum atomic E-state index is 0.479. The van der Waals surface area contributed by atoms with E-state index >= 15 is 0 Å². The summed E-state index contributed by atoms with van der Waals surface area (Å²) in [6, 6.07) is 12.9. The van der Waals surface area contributed by atoms with Crippen molar-refractivity contribution in [2.75, 3.05) is 6.54 Å². The molecular formula is C23H26ClN3. The summed E-state index contributed by atoms with van der Waals surface area (Å²) in [6.07, 6.45) is 6.14.